The maximum Gasteiger partial charge on any atom is 0.361 e. The second kappa shape index (κ2) is 10.7. The van der Waals surface area contributed by atoms with Gasteiger partial charge in [-0.05, 0) is 59.3 Å². The molecule has 1 heterocycles. The Balaban J connectivity index is 2.28. The summed E-state index contributed by atoms with van der Waals surface area (Å²) in [6.07, 6.45) is 11.6. The van der Waals surface area contributed by atoms with Crippen LogP contribution in [0.2, 0.25) is 0 Å². The van der Waals surface area contributed by atoms with Crippen molar-refractivity contribution < 1.29 is 14.4 Å². The number of carbonyl (C=O) groups excluding carboxylic acids is 1. The van der Waals surface area contributed by atoms with Gasteiger partial charge in [0.25, 0.3) is 0 Å². The largest absolute Gasteiger partial charge is 0.461 e. The second-order valence-corrected chi connectivity index (χ2v) is 8.39. The molecular formula is C21H38NO2+. The molecule has 0 spiro atoms. The van der Waals surface area contributed by atoms with E-state index in [1.807, 2.05) is 0 Å². The molecule has 0 aliphatic carbocycles. The molecule has 0 saturated carbocycles. The summed E-state index contributed by atoms with van der Waals surface area (Å²) in [5, 5.41) is 0. The van der Waals surface area contributed by atoms with E-state index in [0.717, 1.165) is 32.4 Å². The lowest BCUT2D eigenvalue weighted by molar-refractivity contribution is -0.897. The molecule has 0 bridgehead atoms. The highest BCUT2D eigenvalue weighted by molar-refractivity contribution is 5.70. The lowest BCUT2D eigenvalue weighted by Crippen LogP contribution is -3.13. The monoisotopic (exact) mass is 336 g/mol. The number of piperidine rings is 1. The minimum absolute atomic E-state index is 0.00463. The van der Waals surface area contributed by atoms with Crippen molar-refractivity contribution >= 4 is 5.97 Å². The van der Waals surface area contributed by atoms with E-state index in [0.29, 0.717) is 13.2 Å². The smallest absolute Gasteiger partial charge is 0.361 e. The molecule has 1 aliphatic rings. The fourth-order valence-electron chi connectivity index (χ4n) is 2.96. The van der Waals surface area contributed by atoms with Gasteiger partial charge in [-0.1, -0.05) is 37.1 Å². The number of nitrogens with one attached hydrogen (secondary N) is 1. The van der Waals surface area contributed by atoms with E-state index >= 15 is 0 Å². The van der Waals surface area contributed by atoms with Gasteiger partial charge in [-0.2, -0.15) is 0 Å². The quantitative estimate of drug-likeness (QED) is 0.514. The van der Waals surface area contributed by atoms with Crippen molar-refractivity contribution in [2.75, 3.05) is 26.2 Å². The highest BCUT2D eigenvalue weighted by Crippen LogP contribution is 2.23. The first-order valence-electron chi connectivity index (χ1n) is 9.57. The zero-order valence-corrected chi connectivity index (χ0v) is 16.5. The third-order valence-electron chi connectivity index (χ3n) is 4.67. The third-order valence-corrected chi connectivity index (χ3v) is 4.67. The first kappa shape index (κ1) is 21.0. The maximum absolute atomic E-state index is 12.0. The topological polar surface area (TPSA) is 30.7 Å². The van der Waals surface area contributed by atoms with Crippen molar-refractivity contribution in [2.24, 2.45) is 5.41 Å². The van der Waals surface area contributed by atoms with E-state index < -0.39 is 0 Å². The maximum atomic E-state index is 12.0. The number of ether oxygens (including phenoxy) is 1. The SMILES string of the molecule is CC(C)=CCCC(C)=CCC(C)(C)COC(=O)C[NH+]1CCCCC1. The summed E-state index contributed by atoms with van der Waals surface area (Å²) >= 11 is 0. The van der Waals surface area contributed by atoms with Gasteiger partial charge in [-0.25, -0.2) is 4.79 Å². The fourth-order valence-corrected chi connectivity index (χ4v) is 2.96. The van der Waals surface area contributed by atoms with Crippen molar-refractivity contribution in [3.05, 3.63) is 23.3 Å². The standard InChI is InChI=1S/C21H37NO2/c1-18(2)10-9-11-19(3)12-13-21(4,5)17-24-20(23)16-22-14-7-6-8-15-22/h10,12H,6-9,11,13-17H2,1-5H3/p+1. The van der Waals surface area contributed by atoms with Gasteiger partial charge in [0.15, 0.2) is 6.54 Å². The molecule has 1 aliphatic heterocycles. The molecule has 1 rings (SSSR count). The van der Waals surface area contributed by atoms with Crippen LogP contribution in [0.5, 0.6) is 0 Å². The number of allylic oxidation sites excluding steroid dienone is 4. The first-order chi connectivity index (χ1) is 11.3. The summed E-state index contributed by atoms with van der Waals surface area (Å²) in [6, 6.07) is 0. The van der Waals surface area contributed by atoms with Crippen LogP contribution in [0, 0.1) is 5.41 Å². The normalized spacial score (nSPS) is 16.8. The Hall–Kier alpha value is -1.09. The van der Waals surface area contributed by atoms with E-state index in [-0.39, 0.29) is 11.4 Å². The Morgan fingerprint density at radius 1 is 1.08 bits per heavy atom. The van der Waals surface area contributed by atoms with Crippen LogP contribution in [-0.4, -0.2) is 32.2 Å². The van der Waals surface area contributed by atoms with Crippen molar-refractivity contribution in [3.63, 3.8) is 0 Å². The third kappa shape index (κ3) is 9.92. The molecular weight excluding hydrogens is 298 g/mol. The van der Waals surface area contributed by atoms with E-state index in [9.17, 15) is 4.79 Å². The molecule has 0 aromatic rings. The molecule has 0 aromatic heterocycles. The zero-order chi connectivity index (χ0) is 18.0. The van der Waals surface area contributed by atoms with Crippen molar-refractivity contribution in [3.8, 4) is 0 Å². The molecule has 1 fully saturated rings. The Labute approximate surface area is 149 Å². The van der Waals surface area contributed by atoms with E-state index in [4.69, 9.17) is 4.74 Å². The summed E-state index contributed by atoms with van der Waals surface area (Å²) in [5.41, 5.74) is 2.81. The predicted octanol–water partition coefficient (Wildman–Crippen LogP) is 3.71. The number of hydrogen-bond donors (Lipinski definition) is 1. The molecule has 0 aromatic carbocycles. The van der Waals surface area contributed by atoms with Gasteiger partial charge in [0.2, 0.25) is 0 Å². The number of rotatable bonds is 9. The van der Waals surface area contributed by atoms with E-state index in [1.165, 1.54) is 35.3 Å². The van der Waals surface area contributed by atoms with Crippen LogP contribution in [0.25, 0.3) is 0 Å². The minimum Gasteiger partial charge on any atom is -0.461 e. The number of quaternary nitrogens is 1. The fraction of sp³-hybridized carbons (Fsp3) is 0.762. The summed E-state index contributed by atoms with van der Waals surface area (Å²) in [7, 11) is 0. The Kier molecular flexibility index (Phi) is 9.35. The Morgan fingerprint density at radius 2 is 1.75 bits per heavy atom. The van der Waals surface area contributed by atoms with Crippen molar-refractivity contribution in [2.45, 2.75) is 73.1 Å². The van der Waals surface area contributed by atoms with Gasteiger partial charge < -0.3 is 9.64 Å². The van der Waals surface area contributed by atoms with Crippen LogP contribution in [-0.2, 0) is 9.53 Å². The molecule has 0 amide bonds. The molecule has 3 nitrogen and oxygen atoms in total. The molecule has 1 N–H and O–H groups in total. The van der Waals surface area contributed by atoms with Crippen LogP contribution in [0.3, 0.4) is 0 Å². The highest BCUT2D eigenvalue weighted by Gasteiger charge is 2.22. The minimum atomic E-state index is -0.0377. The summed E-state index contributed by atoms with van der Waals surface area (Å²) < 4.78 is 5.56. The van der Waals surface area contributed by atoms with Gasteiger partial charge >= 0.3 is 5.97 Å². The highest BCUT2D eigenvalue weighted by atomic mass is 16.5. The van der Waals surface area contributed by atoms with Crippen LogP contribution in [0.15, 0.2) is 23.3 Å². The Bertz CT molecular complexity index is 439. The molecule has 138 valence electrons. The first-order valence-corrected chi connectivity index (χ1v) is 9.57. The predicted molar refractivity (Wildman–Crippen MR) is 101 cm³/mol. The molecule has 1 saturated heterocycles. The van der Waals surface area contributed by atoms with E-state index in [2.05, 4.69) is 46.8 Å². The van der Waals surface area contributed by atoms with E-state index in [1.54, 1.807) is 0 Å². The molecule has 0 atom stereocenters. The summed E-state index contributed by atoms with van der Waals surface area (Å²) in [5.74, 6) is -0.0377. The lowest BCUT2D eigenvalue weighted by atomic mass is 9.89. The van der Waals surface area contributed by atoms with Gasteiger partial charge in [0, 0.05) is 5.41 Å². The molecule has 0 unspecified atom stereocenters. The van der Waals surface area contributed by atoms with Crippen molar-refractivity contribution in [1.82, 2.24) is 0 Å². The van der Waals surface area contributed by atoms with Crippen LogP contribution >= 0.6 is 0 Å². The van der Waals surface area contributed by atoms with Gasteiger partial charge in [0.05, 0.1) is 19.7 Å². The number of carbonyl (C=O) groups is 1. The lowest BCUT2D eigenvalue weighted by Gasteiger charge is -2.25. The Morgan fingerprint density at radius 3 is 2.38 bits per heavy atom. The second-order valence-electron chi connectivity index (χ2n) is 8.39. The summed E-state index contributed by atoms with van der Waals surface area (Å²) in [4.78, 5) is 13.4. The van der Waals surface area contributed by atoms with Crippen LogP contribution in [0.4, 0.5) is 0 Å². The van der Waals surface area contributed by atoms with Crippen LogP contribution in [0.1, 0.15) is 73.1 Å². The number of esters is 1. The molecule has 3 heteroatoms. The number of hydrogen-bond acceptors (Lipinski definition) is 2. The van der Waals surface area contributed by atoms with Gasteiger partial charge in [0.1, 0.15) is 0 Å². The van der Waals surface area contributed by atoms with Crippen molar-refractivity contribution in [1.29, 1.82) is 0 Å². The molecule has 0 radical (unpaired) electrons. The molecule has 24 heavy (non-hydrogen) atoms. The average molecular weight is 337 g/mol. The zero-order valence-electron chi connectivity index (χ0n) is 16.5. The average Bonchev–Trinajstić information content (AvgIpc) is 2.52. The van der Waals surface area contributed by atoms with Gasteiger partial charge in [-0.3, -0.25) is 0 Å². The van der Waals surface area contributed by atoms with Gasteiger partial charge in [-0.15, -0.1) is 0 Å². The number of likely N-dealkylation sites (tertiary alicyclic amines) is 1. The van der Waals surface area contributed by atoms with Crippen LogP contribution < -0.4 is 4.90 Å². The summed E-state index contributed by atoms with van der Waals surface area (Å²) in [6.45, 7) is 14.1.